The number of rotatable bonds is 5. The molecule has 0 spiro atoms. The van der Waals surface area contributed by atoms with E-state index in [0.29, 0.717) is 5.57 Å². The van der Waals surface area contributed by atoms with Crippen molar-refractivity contribution >= 4 is 5.97 Å². The predicted molar refractivity (Wildman–Crippen MR) is 75.5 cm³/mol. The summed E-state index contributed by atoms with van der Waals surface area (Å²) in [6.45, 7) is 1.70. The number of esters is 1. The fraction of sp³-hybridized carbons (Fsp3) is 0.562. The molecule has 20 heavy (non-hydrogen) atoms. The van der Waals surface area contributed by atoms with E-state index in [-0.39, 0.29) is 12.4 Å². The number of aliphatic hydroxyl groups is 2. The highest BCUT2D eigenvalue weighted by molar-refractivity contribution is 5.90. The SMILES string of the molecule is CC(C(=O)OC1=CCCC1)=C(CC(O)O)C1=CCCC1. The van der Waals surface area contributed by atoms with Gasteiger partial charge in [-0.25, -0.2) is 4.79 Å². The van der Waals surface area contributed by atoms with Crippen LogP contribution in [0.25, 0.3) is 0 Å². The van der Waals surface area contributed by atoms with E-state index in [9.17, 15) is 15.0 Å². The molecule has 2 aliphatic rings. The molecule has 0 aromatic rings. The topological polar surface area (TPSA) is 66.8 Å². The molecule has 110 valence electrons. The number of allylic oxidation sites excluding steroid dienone is 4. The van der Waals surface area contributed by atoms with Crippen molar-refractivity contribution in [1.29, 1.82) is 0 Å². The molecule has 4 heteroatoms. The molecule has 0 heterocycles. The lowest BCUT2D eigenvalue weighted by atomic mass is 9.96. The highest BCUT2D eigenvalue weighted by atomic mass is 16.5. The first-order valence-electron chi connectivity index (χ1n) is 7.24. The van der Waals surface area contributed by atoms with Crippen LogP contribution >= 0.6 is 0 Å². The third-order valence-corrected chi connectivity index (χ3v) is 3.80. The van der Waals surface area contributed by atoms with Crippen LogP contribution in [0.5, 0.6) is 0 Å². The Kier molecular flexibility index (Phi) is 5.15. The number of hydrogen-bond donors (Lipinski definition) is 2. The van der Waals surface area contributed by atoms with Gasteiger partial charge in [-0.15, -0.1) is 0 Å². The zero-order chi connectivity index (χ0) is 14.5. The molecule has 0 unspecified atom stereocenters. The third-order valence-electron chi connectivity index (χ3n) is 3.80. The summed E-state index contributed by atoms with van der Waals surface area (Å²) in [7, 11) is 0. The molecule has 2 aliphatic carbocycles. The summed E-state index contributed by atoms with van der Waals surface area (Å²) in [5, 5.41) is 18.5. The fourth-order valence-electron chi connectivity index (χ4n) is 2.71. The van der Waals surface area contributed by atoms with Crippen LogP contribution < -0.4 is 0 Å². The summed E-state index contributed by atoms with van der Waals surface area (Å²) in [6, 6.07) is 0. The van der Waals surface area contributed by atoms with Crippen LogP contribution in [-0.4, -0.2) is 22.5 Å². The lowest BCUT2D eigenvalue weighted by Gasteiger charge is -2.14. The van der Waals surface area contributed by atoms with Crippen molar-refractivity contribution in [1.82, 2.24) is 0 Å². The Labute approximate surface area is 119 Å². The van der Waals surface area contributed by atoms with Crippen molar-refractivity contribution in [3.63, 3.8) is 0 Å². The van der Waals surface area contributed by atoms with Gasteiger partial charge in [0.2, 0.25) is 0 Å². The molecule has 2 N–H and O–H groups in total. The van der Waals surface area contributed by atoms with E-state index in [2.05, 4.69) is 6.08 Å². The standard InChI is InChI=1S/C16H22O4/c1-11(16(19)20-13-8-4-5-9-13)14(10-15(17)18)12-6-2-3-7-12/h6,8,15,17-18H,2-5,7,9-10H2,1H3. The van der Waals surface area contributed by atoms with Gasteiger partial charge in [-0.3, -0.25) is 0 Å². The summed E-state index contributed by atoms with van der Waals surface area (Å²) >= 11 is 0. The minimum Gasteiger partial charge on any atom is -0.428 e. The molecule has 0 saturated carbocycles. The van der Waals surface area contributed by atoms with Gasteiger partial charge < -0.3 is 14.9 Å². The summed E-state index contributed by atoms with van der Waals surface area (Å²) < 4.78 is 5.37. The van der Waals surface area contributed by atoms with E-state index >= 15 is 0 Å². The van der Waals surface area contributed by atoms with Gasteiger partial charge in [0.25, 0.3) is 0 Å². The Morgan fingerprint density at radius 1 is 1.25 bits per heavy atom. The average Bonchev–Trinajstić information content (AvgIpc) is 3.07. The molecule has 0 aromatic carbocycles. The minimum atomic E-state index is -1.44. The van der Waals surface area contributed by atoms with E-state index in [4.69, 9.17) is 4.74 Å². The Morgan fingerprint density at radius 2 is 1.95 bits per heavy atom. The highest BCUT2D eigenvalue weighted by Gasteiger charge is 2.21. The number of aliphatic hydroxyl groups excluding tert-OH is 1. The zero-order valence-electron chi connectivity index (χ0n) is 11.9. The molecule has 4 nitrogen and oxygen atoms in total. The molecule has 2 rings (SSSR count). The normalized spacial score (nSPS) is 19.8. The third kappa shape index (κ3) is 3.81. The monoisotopic (exact) mass is 278 g/mol. The van der Waals surface area contributed by atoms with Gasteiger partial charge in [0.1, 0.15) is 5.76 Å². The van der Waals surface area contributed by atoms with Crippen LogP contribution in [0.4, 0.5) is 0 Å². The lowest BCUT2D eigenvalue weighted by Crippen LogP contribution is -2.13. The van der Waals surface area contributed by atoms with Crippen LogP contribution in [0.2, 0.25) is 0 Å². The maximum atomic E-state index is 12.2. The van der Waals surface area contributed by atoms with Crippen LogP contribution in [-0.2, 0) is 9.53 Å². The van der Waals surface area contributed by atoms with Crippen LogP contribution in [0.3, 0.4) is 0 Å². The van der Waals surface area contributed by atoms with E-state index in [1.807, 2.05) is 6.08 Å². The van der Waals surface area contributed by atoms with Crippen molar-refractivity contribution in [2.75, 3.05) is 0 Å². The summed E-state index contributed by atoms with van der Waals surface area (Å²) in [4.78, 5) is 12.2. The Balaban J connectivity index is 2.16. The van der Waals surface area contributed by atoms with Crippen molar-refractivity contribution < 1.29 is 19.7 Å². The van der Waals surface area contributed by atoms with Gasteiger partial charge in [-0.1, -0.05) is 6.08 Å². The smallest absolute Gasteiger partial charge is 0.339 e. The van der Waals surface area contributed by atoms with E-state index in [1.165, 1.54) is 0 Å². The first-order valence-corrected chi connectivity index (χ1v) is 7.24. The molecular formula is C16H22O4. The number of carbonyl (C=O) groups is 1. The summed E-state index contributed by atoms with van der Waals surface area (Å²) in [5.41, 5.74) is 2.26. The first kappa shape index (κ1) is 15.0. The van der Waals surface area contributed by atoms with Crippen molar-refractivity contribution in [3.05, 3.63) is 34.6 Å². The van der Waals surface area contributed by atoms with Gasteiger partial charge in [0.15, 0.2) is 6.29 Å². The van der Waals surface area contributed by atoms with Crippen LogP contribution in [0.15, 0.2) is 34.6 Å². The summed E-state index contributed by atoms with van der Waals surface area (Å²) in [6.07, 6.45) is 8.35. The largest absolute Gasteiger partial charge is 0.428 e. The average molecular weight is 278 g/mol. The van der Waals surface area contributed by atoms with Crippen LogP contribution in [0, 0.1) is 0 Å². The maximum Gasteiger partial charge on any atom is 0.339 e. The number of hydrogen-bond acceptors (Lipinski definition) is 4. The van der Waals surface area contributed by atoms with Gasteiger partial charge in [0, 0.05) is 18.4 Å². The molecule has 0 saturated heterocycles. The molecule has 0 amide bonds. The number of ether oxygens (including phenoxy) is 1. The first-order chi connectivity index (χ1) is 9.58. The second-order valence-corrected chi connectivity index (χ2v) is 5.36. The molecule has 0 atom stereocenters. The Bertz CT molecular complexity index is 469. The molecule has 0 fully saturated rings. The fourth-order valence-corrected chi connectivity index (χ4v) is 2.71. The molecule has 0 aromatic heterocycles. The highest BCUT2D eigenvalue weighted by Crippen LogP contribution is 2.31. The van der Waals surface area contributed by atoms with Gasteiger partial charge in [-0.2, -0.15) is 0 Å². The van der Waals surface area contributed by atoms with Crippen molar-refractivity contribution in [2.45, 2.75) is 58.2 Å². The van der Waals surface area contributed by atoms with E-state index < -0.39 is 6.29 Å². The maximum absolute atomic E-state index is 12.2. The van der Waals surface area contributed by atoms with Crippen molar-refractivity contribution in [3.8, 4) is 0 Å². The second kappa shape index (κ2) is 6.86. The molecule has 0 aliphatic heterocycles. The Morgan fingerprint density at radius 3 is 2.50 bits per heavy atom. The lowest BCUT2D eigenvalue weighted by molar-refractivity contribution is -0.135. The predicted octanol–water partition coefficient (Wildman–Crippen LogP) is 2.73. The van der Waals surface area contributed by atoms with Crippen LogP contribution in [0.1, 0.15) is 51.9 Å². The van der Waals surface area contributed by atoms with Gasteiger partial charge in [-0.05, 0) is 56.3 Å². The van der Waals surface area contributed by atoms with Gasteiger partial charge in [0.05, 0.1) is 0 Å². The molecule has 0 bridgehead atoms. The zero-order valence-corrected chi connectivity index (χ0v) is 11.9. The summed E-state index contributed by atoms with van der Waals surface area (Å²) in [5.74, 6) is 0.361. The quantitative estimate of drug-likeness (QED) is 0.461. The molecule has 0 radical (unpaired) electrons. The van der Waals surface area contributed by atoms with Crippen molar-refractivity contribution in [2.24, 2.45) is 0 Å². The van der Waals surface area contributed by atoms with E-state index in [1.54, 1.807) is 6.92 Å². The Hall–Kier alpha value is -1.39. The second-order valence-electron chi connectivity index (χ2n) is 5.36. The number of carbonyl (C=O) groups excluding carboxylic acids is 1. The minimum absolute atomic E-state index is 0.0752. The molecular weight excluding hydrogens is 256 g/mol. The van der Waals surface area contributed by atoms with E-state index in [0.717, 1.165) is 55.4 Å². The van der Waals surface area contributed by atoms with Gasteiger partial charge >= 0.3 is 5.97 Å².